The maximum absolute atomic E-state index is 15.3. The van der Waals surface area contributed by atoms with Gasteiger partial charge in [0, 0.05) is 47.7 Å². The summed E-state index contributed by atoms with van der Waals surface area (Å²) in [5.41, 5.74) is 7.12. The first-order valence-corrected chi connectivity index (χ1v) is 10.6. The minimum Gasteiger partial charge on any atom is -0.462 e. The average Bonchev–Trinajstić information content (AvgIpc) is 3.41. The minimum absolute atomic E-state index is 0.0182. The molecule has 0 aliphatic carbocycles. The lowest BCUT2D eigenvalue weighted by atomic mass is 9.80. The lowest BCUT2D eigenvalue weighted by Crippen LogP contribution is -2.32. The van der Waals surface area contributed by atoms with E-state index in [1.54, 1.807) is 41.3 Å². The summed E-state index contributed by atoms with van der Waals surface area (Å²) in [6.07, 6.45) is 0.797. The minimum atomic E-state index is -1.19. The molecule has 0 bridgehead atoms. The van der Waals surface area contributed by atoms with Crippen LogP contribution in [-0.4, -0.2) is 36.9 Å². The summed E-state index contributed by atoms with van der Waals surface area (Å²) in [5, 5.41) is 0. The largest absolute Gasteiger partial charge is 0.462 e. The van der Waals surface area contributed by atoms with Crippen LogP contribution in [0.2, 0.25) is 0 Å². The lowest BCUT2D eigenvalue weighted by Gasteiger charge is -2.35. The smallest absolute Gasteiger partial charge is 0.283 e. The van der Waals surface area contributed by atoms with E-state index >= 15 is 4.39 Å². The molecule has 0 radical (unpaired) electrons. The molecule has 3 aromatic rings. The van der Waals surface area contributed by atoms with Crippen molar-refractivity contribution in [3.05, 3.63) is 71.6 Å². The van der Waals surface area contributed by atoms with Crippen LogP contribution in [0, 0.1) is 11.8 Å². The van der Waals surface area contributed by atoms with Gasteiger partial charge in [-0.2, -0.15) is 4.39 Å². The fourth-order valence-corrected chi connectivity index (χ4v) is 4.80. The van der Waals surface area contributed by atoms with Gasteiger partial charge in [0.05, 0.1) is 0 Å². The Morgan fingerprint density at radius 3 is 2.73 bits per heavy atom. The topological polar surface area (TPSA) is 73.0 Å². The normalized spacial score (nSPS) is 23.1. The SMILES string of the molecule is NC1=NC2(CO1)c1cc(-c3cccnc3F)ccc1Oc1c(F)cc(N3CC[C@H](F)C3)cc12. The Labute approximate surface area is 187 Å². The van der Waals surface area contributed by atoms with Crippen LogP contribution < -0.4 is 15.4 Å². The predicted molar refractivity (Wildman–Crippen MR) is 116 cm³/mol. The Morgan fingerprint density at radius 1 is 1.12 bits per heavy atom. The highest BCUT2D eigenvalue weighted by molar-refractivity contribution is 5.78. The number of halogens is 3. The molecule has 6 rings (SSSR count). The van der Waals surface area contributed by atoms with Crippen LogP contribution in [0.3, 0.4) is 0 Å². The zero-order valence-electron chi connectivity index (χ0n) is 17.4. The molecule has 9 heteroatoms. The maximum Gasteiger partial charge on any atom is 0.283 e. The van der Waals surface area contributed by atoms with Crippen LogP contribution in [-0.2, 0) is 10.3 Å². The molecule has 1 aromatic heterocycles. The number of alkyl halides is 1. The summed E-state index contributed by atoms with van der Waals surface area (Å²) >= 11 is 0. The van der Waals surface area contributed by atoms with Crippen LogP contribution in [0.25, 0.3) is 11.1 Å². The Bertz CT molecular complexity index is 1310. The molecule has 0 saturated carbocycles. The maximum atomic E-state index is 15.3. The van der Waals surface area contributed by atoms with Crippen LogP contribution in [0.4, 0.5) is 18.9 Å². The van der Waals surface area contributed by atoms with Crippen LogP contribution in [0.1, 0.15) is 17.5 Å². The average molecular weight is 452 g/mol. The van der Waals surface area contributed by atoms with E-state index in [0.717, 1.165) is 0 Å². The number of amidine groups is 1. The first-order chi connectivity index (χ1) is 15.9. The molecule has 1 spiro atoms. The number of hydrogen-bond acceptors (Lipinski definition) is 6. The van der Waals surface area contributed by atoms with E-state index in [4.69, 9.17) is 15.2 Å². The molecule has 2 aromatic carbocycles. The molecule has 1 unspecified atom stereocenters. The molecule has 6 nitrogen and oxygen atoms in total. The van der Waals surface area contributed by atoms with Crippen molar-refractivity contribution in [3.8, 4) is 22.6 Å². The van der Waals surface area contributed by atoms with Gasteiger partial charge in [0.25, 0.3) is 6.02 Å². The molecule has 2 atom stereocenters. The highest BCUT2D eigenvalue weighted by Gasteiger charge is 2.48. The Hall–Kier alpha value is -3.75. The Balaban J connectivity index is 1.55. The molecular weight excluding hydrogens is 433 g/mol. The molecule has 3 aliphatic heterocycles. The zero-order chi connectivity index (χ0) is 22.7. The van der Waals surface area contributed by atoms with Crippen molar-refractivity contribution in [1.82, 2.24) is 4.98 Å². The lowest BCUT2D eigenvalue weighted by molar-refractivity contribution is 0.262. The number of anilines is 1. The van der Waals surface area contributed by atoms with Gasteiger partial charge in [0.2, 0.25) is 5.95 Å². The van der Waals surface area contributed by atoms with Crippen molar-refractivity contribution < 1.29 is 22.6 Å². The second-order valence-electron chi connectivity index (χ2n) is 8.39. The van der Waals surface area contributed by atoms with Gasteiger partial charge >= 0.3 is 0 Å². The van der Waals surface area contributed by atoms with Gasteiger partial charge in [-0.25, -0.2) is 18.8 Å². The first kappa shape index (κ1) is 19.9. The Kier molecular flexibility index (Phi) is 4.30. The van der Waals surface area contributed by atoms with Gasteiger partial charge in [-0.05, 0) is 42.3 Å². The van der Waals surface area contributed by atoms with E-state index in [9.17, 15) is 8.78 Å². The fraction of sp³-hybridized carbons (Fsp3) is 0.250. The van der Waals surface area contributed by atoms with Crippen molar-refractivity contribution in [1.29, 1.82) is 0 Å². The third-order valence-corrected chi connectivity index (χ3v) is 6.41. The van der Waals surface area contributed by atoms with Crippen LogP contribution >= 0.6 is 0 Å². The molecule has 2 N–H and O–H groups in total. The summed E-state index contributed by atoms with van der Waals surface area (Å²) in [4.78, 5) is 10.1. The van der Waals surface area contributed by atoms with E-state index in [0.29, 0.717) is 46.7 Å². The number of rotatable bonds is 2. The molecule has 168 valence electrons. The molecule has 0 amide bonds. The standard InChI is InChI=1S/C24H19F3N4O2/c25-14-5-7-31(11-14)15-9-18-21(19(26)10-15)33-20-4-3-13(16-2-1-6-29-22(16)27)8-17(20)24(18)12-32-23(28)30-24/h1-4,6,8-10,14H,5,7,11-12H2,(H2,28,30)/t14-,24?/m0/s1. The van der Waals surface area contributed by atoms with E-state index < -0.39 is 23.5 Å². The molecule has 3 aliphatic rings. The number of hydrogen-bond donors (Lipinski definition) is 1. The number of aromatic nitrogens is 1. The summed E-state index contributed by atoms with van der Waals surface area (Å²) < 4.78 is 55.0. The van der Waals surface area contributed by atoms with Crippen LogP contribution in [0.5, 0.6) is 11.5 Å². The number of fused-ring (bicyclic) bond motifs is 4. The van der Waals surface area contributed by atoms with Crippen molar-refractivity contribution in [2.24, 2.45) is 10.7 Å². The molecule has 1 fully saturated rings. The molecular formula is C24H19F3N4O2. The molecule has 4 heterocycles. The van der Waals surface area contributed by atoms with Gasteiger partial charge in [-0.1, -0.05) is 6.07 Å². The van der Waals surface area contributed by atoms with Crippen molar-refractivity contribution in [2.75, 3.05) is 24.6 Å². The third kappa shape index (κ3) is 3.02. The summed E-state index contributed by atoms with van der Waals surface area (Å²) in [5.74, 6) is -0.811. The van der Waals surface area contributed by atoms with E-state index in [1.807, 2.05) is 0 Å². The van der Waals surface area contributed by atoms with Gasteiger partial charge in [0.15, 0.2) is 17.1 Å². The fourth-order valence-electron chi connectivity index (χ4n) is 4.80. The number of aliphatic imine (C=N–C) groups is 1. The van der Waals surface area contributed by atoms with Gasteiger partial charge in [0.1, 0.15) is 18.5 Å². The monoisotopic (exact) mass is 452 g/mol. The number of nitrogens with zero attached hydrogens (tertiary/aromatic N) is 3. The van der Waals surface area contributed by atoms with Crippen molar-refractivity contribution in [2.45, 2.75) is 18.1 Å². The van der Waals surface area contributed by atoms with Gasteiger partial charge in [-0.3, -0.25) is 0 Å². The third-order valence-electron chi connectivity index (χ3n) is 6.41. The van der Waals surface area contributed by atoms with Crippen molar-refractivity contribution >= 4 is 11.7 Å². The summed E-state index contributed by atoms with van der Waals surface area (Å²) in [6, 6.07) is 11.4. The summed E-state index contributed by atoms with van der Waals surface area (Å²) in [6.45, 7) is 0.695. The zero-order valence-corrected chi connectivity index (χ0v) is 17.4. The molecule has 1 saturated heterocycles. The summed E-state index contributed by atoms with van der Waals surface area (Å²) in [7, 11) is 0. The highest BCUT2D eigenvalue weighted by Crippen LogP contribution is 2.53. The second kappa shape index (κ2) is 7.13. The van der Waals surface area contributed by atoms with Crippen LogP contribution in [0.15, 0.2) is 53.7 Å². The number of pyridine rings is 1. The molecule has 33 heavy (non-hydrogen) atoms. The highest BCUT2D eigenvalue weighted by atomic mass is 19.1. The van der Waals surface area contributed by atoms with Gasteiger partial charge < -0.3 is 20.1 Å². The second-order valence-corrected chi connectivity index (χ2v) is 8.39. The number of benzene rings is 2. The predicted octanol–water partition coefficient (Wildman–Crippen LogP) is 4.27. The Morgan fingerprint density at radius 2 is 2.00 bits per heavy atom. The van der Waals surface area contributed by atoms with Gasteiger partial charge in [-0.15, -0.1) is 0 Å². The number of nitrogens with two attached hydrogens (primary N) is 1. The van der Waals surface area contributed by atoms with E-state index in [-0.39, 0.29) is 24.9 Å². The van der Waals surface area contributed by atoms with E-state index in [1.165, 1.54) is 12.3 Å². The number of ether oxygens (including phenoxy) is 2. The van der Waals surface area contributed by atoms with E-state index in [2.05, 4.69) is 9.98 Å². The quantitative estimate of drug-likeness (QED) is 0.588. The van der Waals surface area contributed by atoms with Crippen molar-refractivity contribution in [3.63, 3.8) is 0 Å². The first-order valence-electron chi connectivity index (χ1n) is 10.6.